The van der Waals surface area contributed by atoms with Crippen LogP contribution >= 0.6 is 11.6 Å². The fraction of sp³-hybridized carbons (Fsp3) is 0.474. The van der Waals surface area contributed by atoms with Crippen molar-refractivity contribution >= 4 is 17.4 Å². The van der Waals surface area contributed by atoms with Gasteiger partial charge in [0.2, 0.25) is 0 Å². The predicted octanol–water partition coefficient (Wildman–Crippen LogP) is 3.82. The molecule has 4 heterocycles. The van der Waals surface area contributed by atoms with E-state index in [0.717, 1.165) is 54.0 Å². The monoisotopic (exact) mass is 385 g/mol. The minimum Gasteiger partial charge on any atom is -0.349 e. The summed E-state index contributed by atoms with van der Waals surface area (Å²) >= 11 is 6.75. The minimum atomic E-state index is 0.184. The van der Waals surface area contributed by atoms with Gasteiger partial charge in [-0.05, 0) is 25.7 Å². The molecule has 3 aromatic rings. The van der Waals surface area contributed by atoms with Gasteiger partial charge in [-0.1, -0.05) is 25.4 Å². The van der Waals surface area contributed by atoms with E-state index in [2.05, 4.69) is 33.7 Å². The molecule has 0 radical (unpaired) electrons. The molecule has 1 fully saturated rings. The molecule has 3 aromatic heterocycles. The van der Waals surface area contributed by atoms with Crippen molar-refractivity contribution in [3.8, 4) is 5.82 Å². The number of hydrogen-bond acceptors (Lipinski definition) is 5. The number of imidazole rings is 1. The molecule has 1 aliphatic rings. The van der Waals surface area contributed by atoms with Gasteiger partial charge in [-0.25, -0.2) is 15.0 Å². The Morgan fingerprint density at radius 1 is 1.26 bits per heavy atom. The van der Waals surface area contributed by atoms with Crippen LogP contribution in [-0.2, 0) is 6.54 Å². The molecular formula is C19H24ClN7. The van der Waals surface area contributed by atoms with Gasteiger partial charge >= 0.3 is 0 Å². The fourth-order valence-corrected chi connectivity index (χ4v) is 4.15. The highest BCUT2D eigenvalue weighted by molar-refractivity contribution is 6.30. The number of anilines is 1. The molecule has 0 amide bonds. The van der Waals surface area contributed by atoms with Gasteiger partial charge in [-0.15, -0.1) is 0 Å². The summed E-state index contributed by atoms with van der Waals surface area (Å²) in [5, 5.41) is 5.45. The van der Waals surface area contributed by atoms with Crippen LogP contribution in [0.1, 0.15) is 44.0 Å². The van der Waals surface area contributed by atoms with Crippen molar-refractivity contribution in [2.45, 2.75) is 46.2 Å². The van der Waals surface area contributed by atoms with Gasteiger partial charge in [0.15, 0.2) is 0 Å². The van der Waals surface area contributed by atoms with Gasteiger partial charge in [-0.3, -0.25) is 9.25 Å². The molecule has 1 unspecified atom stereocenters. The number of aryl methyl sites for hydroxylation is 1. The van der Waals surface area contributed by atoms with Gasteiger partial charge < -0.3 is 4.90 Å². The van der Waals surface area contributed by atoms with Crippen LogP contribution in [0.3, 0.4) is 0 Å². The minimum absolute atomic E-state index is 0.184. The summed E-state index contributed by atoms with van der Waals surface area (Å²) in [5.41, 5.74) is 2.12. The van der Waals surface area contributed by atoms with Crippen LogP contribution in [0.4, 0.5) is 5.82 Å². The predicted molar refractivity (Wildman–Crippen MR) is 105 cm³/mol. The average Bonchev–Trinajstić information content (AvgIpc) is 3.37. The molecule has 8 heteroatoms. The number of hydrogen-bond donors (Lipinski definition) is 0. The molecule has 0 N–H and O–H groups in total. The Labute approximate surface area is 164 Å². The summed E-state index contributed by atoms with van der Waals surface area (Å²) in [4.78, 5) is 15.3. The Bertz CT molecular complexity index is 916. The lowest BCUT2D eigenvalue weighted by Crippen LogP contribution is -2.24. The zero-order chi connectivity index (χ0) is 19.0. The third kappa shape index (κ3) is 3.43. The summed E-state index contributed by atoms with van der Waals surface area (Å²) in [5.74, 6) is 2.21. The Kier molecular flexibility index (Phi) is 4.86. The zero-order valence-corrected chi connectivity index (χ0v) is 16.6. The second-order valence-corrected chi connectivity index (χ2v) is 7.78. The fourth-order valence-electron chi connectivity index (χ4n) is 3.78. The number of rotatable bonds is 5. The molecule has 4 rings (SSSR count). The van der Waals surface area contributed by atoms with E-state index in [-0.39, 0.29) is 6.04 Å². The molecule has 142 valence electrons. The lowest BCUT2D eigenvalue weighted by atomic mass is 10.1. The van der Waals surface area contributed by atoms with Crippen LogP contribution in [-0.4, -0.2) is 35.8 Å². The smallest absolute Gasteiger partial charge is 0.143 e. The highest BCUT2D eigenvalue weighted by Gasteiger charge is 2.32. The number of aromatic nitrogens is 6. The molecule has 27 heavy (non-hydrogen) atoms. The second-order valence-electron chi connectivity index (χ2n) is 7.42. The van der Waals surface area contributed by atoms with Crippen LogP contribution in [0.2, 0.25) is 5.15 Å². The van der Waals surface area contributed by atoms with E-state index in [4.69, 9.17) is 16.7 Å². The molecule has 1 saturated heterocycles. The van der Waals surface area contributed by atoms with E-state index in [0.29, 0.717) is 5.92 Å². The van der Waals surface area contributed by atoms with Gasteiger partial charge in [0.25, 0.3) is 0 Å². The highest BCUT2D eigenvalue weighted by atomic mass is 35.5. The maximum atomic E-state index is 6.75. The van der Waals surface area contributed by atoms with Crippen LogP contribution in [0.25, 0.3) is 5.82 Å². The van der Waals surface area contributed by atoms with Crippen LogP contribution in [0, 0.1) is 12.8 Å². The van der Waals surface area contributed by atoms with Gasteiger partial charge in [-0.2, -0.15) is 5.10 Å². The standard InChI is InChI=1S/C19H24ClN7/c1-13(2)10-27-19(20)18(14(3)24-27)15-5-4-7-26(15)17-9-16(22-11-23-17)25-8-6-21-12-25/h6,8-9,11-13,15H,4-5,7,10H2,1-3H3. The van der Waals surface area contributed by atoms with E-state index in [9.17, 15) is 0 Å². The topological polar surface area (TPSA) is 64.7 Å². The van der Waals surface area contributed by atoms with Crippen molar-refractivity contribution in [1.29, 1.82) is 0 Å². The maximum absolute atomic E-state index is 6.75. The summed E-state index contributed by atoms with van der Waals surface area (Å²) in [6, 6.07) is 2.19. The van der Waals surface area contributed by atoms with Crippen molar-refractivity contribution in [2.75, 3.05) is 11.4 Å². The van der Waals surface area contributed by atoms with Gasteiger partial charge in [0.05, 0.1) is 11.7 Å². The normalized spacial score (nSPS) is 17.2. The van der Waals surface area contributed by atoms with Crippen molar-refractivity contribution in [3.63, 3.8) is 0 Å². The van der Waals surface area contributed by atoms with E-state index < -0.39 is 0 Å². The summed E-state index contributed by atoms with van der Waals surface area (Å²) < 4.78 is 3.82. The van der Waals surface area contributed by atoms with E-state index in [1.807, 2.05) is 28.4 Å². The van der Waals surface area contributed by atoms with Gasteiger partial charge in [0, 0.05) is 37.1 Å². The third-order valence-electron chi connectivity index (χ3n) is 4.93. The Morgan fingerprint density at radius 3 is 2.81 bits per heavy atom. The number of nitrogens with zero attached hydrogens (tertiary/aromatic N) is 7. The van der Waals surface area contributed by atoms with Crippen molar-refractivity contribution in [3.05, 3.63) is 47.5 Å². The van der Waals surface area contributed by atoms with E-state index >= 15 is 0 Å². The Hall–Kier alpha value is -2.41. The molecule has 0 spiro atoms. The molecular weight excluding hydrogens is 362 g/mol. The quantitative estimate of drug-likeness (QED) is 0.668. The summed E-state index contributed by atoms with van der Waals surface area (Å²) in [6.45, 7) is 8.16. The molecule has 7 nitrogen and oxygen atoms in total. The summed E-state index contributed by atoms with van der Waals surface area (Å²) in [6.07, 6.45) is 9.11. The molecule has 1 atom stereocenters. The molecule has 0 saturated carbocycles. The lowest BCUT2D eigenvalue weighted by Gasteiger charge is -2.26. The highest BCUT2D eigenvalue weighted by Crippen LogP contribution is 2.40. The maximum Gasteiger partial charge on any atom is 0.143 e. The second kappa shape index (κ2) is 7.31. The first kappa shape index (κ1) is 18.0. The van der Waals surface area contributed by atoms with Crippen LogP contribution < -0.4 is 4.90 Å². The molecule has 0 aromatic carbocycles. The first-order chi connectivity index (χ1) is 13.0. The van der Waals surface area contributed by atoms with Crippen molar-refractivity contribution < 1.29 is 0 Å². The summed E-state index contributed by atoms with van der Waals surface area (Å²) in [7, 11) is 0. The van der Waals surface area contributed by atoms with Gasteiger partial charge in [0.1, 0.15) is 29.4 Å². The first-order valence-electron chi connectivity index (χ1n) is 9.34. The largest absolute Gasteiger partial charge is 0.349 e. The number of halogens is 1. The Balaban J connectivity index is 1.68. The van der Waals surface area contributed by atoms with Crippen LogP contribution in [0.15, 0.2) is 31.1 Å². The molecule has 0 bridgehead atoms. The third-order valence-corrected chi connectivity index (χ3v) is 5.33. The van der Waals surface area contributed by atoms with E-state index in [1.54, 1.807) is 18.9 Å². The SMILES string of the molecule is Cc1nn(CC(C)C)c(Cl)c1C1CCCN1c1cc(-n2ccnc2)ncn1. The first-order valence-corrected chi connectivity index (χ1v) is 9.72. The Morgan fingerprint density at radius 2 is 2.07 bits per heavy atom. The van der Waals surface area contributed by atoms with Crippen molar-refractivity contribution in [2.24, 2.45) is 5.92 Å². The lowest BCUT2D eigenvalue weighted by molar-refractivity contribution is 0.481. The van der Waals surface area contributed by atoms with Crippen LogP contribution in [0.5, 0.6) is 0 Å². The average molecular weight is 386 g/mol. The molecule has 0 aliphatic carbocycles. The molecule has 1 aliphatic heterocycles. The van der Waals surface area contributed by atoms with Crippen molar-refractivity contribution in [1.82, 2.24) is 29.3 Å². The zero-order valence-electron chi connectivity index (χ0n) is 15.9. The van der Waals surface area contributed by atoms with E-state index in [1.165, 1.54) is 0 Å².